The summed E-state index contributed by atoms with van der Waals surface area (Å²) in [4.78, 5) is 22.1. The van der Waals surface area contributed by atoms with Crippen molar-refractivity contribution >= 4 is 23.9 Å². The van der Waals surface area contributed by atoms with Crippen molar-refractivity contribution in [3.8, 4) is 5.75 Å². The Kier molecular flexibility index (Phi) is 2.73. The average molecular weight is 225 g/mol. The number of rotatable bonds is 3. The van der Waals surface area contributed by atoms with Gasteiger partial charge in [0.05, 0.1) is 11.5 Å². The summed E-state index contributed by atoms with van der Waals surface area (Å²) < 4.78 is 5.09. The molecular formula is C11H9ClO3. The van der Waals surface area contributed by atoms with Gasteiger partial charge in [-0.1, -0.05) is 11.6 Å². The van der Waals surface area contributed by atoms with Crippen LogP contribution < -0.4 is 4.74 Å². The van der Waals surface area contributed by atoms with E-state index in [0.29, 0.717) is 16.9 Å². The monoisotopic (exact) mass is 224 g/mol. The van der Waals surface area contributed by atoms with Gasteiger partial charge in [-0.2, -0.15) is 0 Å². The van der Waals surface area contributed by atoms with E-state index < -0.39 is 0 Å². The van der Waals surface area contributed by atoms with E-state index in [9.17, 15) is 9.59 Å². The zero-order chi connectivity index (χ0) is 10.8. The molecule has 0 saturated heterocycles. The van der Waals surface area contributed by atoms with Crippen LogP contribution in [0.25, 0.3) is 0 Å². The summed E-state index contributed by atoms with van der Waals surface area (Å²) in [7, 11) is 0. The number of carbonyl (C=O) groups is 2. The summed E-state index contributed by atoms with van der Waals surface area (Å²) in [6.07, 6.45) is 2.38. The molecule has 3 nitrogen and oxygen atoms in total. The molecule has 2 rings (SSSR count). The van der Waals surface area contributed by atoms with Crippen LogP contribution in [0.5, 0.6) is 5.75 Å². The molecule has 0 amide bonds. The minimum Gasteiger partial charge on any atom is -0.426 e. The van der Waals surface area contributed by atoms with Crippen LogP contribution >= 0.6 is 11.6 Å². The van der Waals surface area contributed by atoms with Crippen molar-refractivity contribution in [1.82, 2.24) is 0 Å². The number of esters is 1. The summed E-state index contributed by atoms with van der Waals surface area (Å²) in [5.41, 5.74) is 0.302. The van der Waals surface area contributed by atoms with Crippen molar-refractivity contribution in [3.05, 3.63) is 28.8 Å². The quantitative estimate of drug-likeness (QED) is 0.450. The van der Waals surface area contributed by atoms with Gasteiger partial charge in [-0.15, -0.1) is 0 Å². The number of carbonyl (C=O) groups excluding carboxylic acids is 2. The predicted octanol–water partition coefficient (Wildman–Crippen LogP) is 2.47. The van der Waals surface area contributed by atoms with E-state index in [-0.39, 0.29) is 17.6 Å². The Bertz CT molecular complexity index is 410. The fraction of sp³-hybridized carbons (Fsp3) is 0.273. The highest BCUT2D eigenvalue weighted by Crippen LogP contribution is 2.31. The molecule has 0 bridgehead atoms. The molecular weight excluding hydrogens is 216 g/mol. The molecule has 1 saturated carbocycles. The van der Waals surface area contributed by atoms with Crippen LogP contribution in [-0.2, 0) is 4.79 Å². The van der Waals surface area contributed by atoms with Crippen molar-refractivity contribution in [3.63, 3.8) is 0 Å². The van der Waals surface area contributed by atoms with Gasteiger partial charge in [0.15, 0.2) is 6.29 Å². The number of halogens is 1. The molecule has 78 valence electrons. The molecule has 0 atom stereocenters. The Hall–Kier alpha value is -1.35. The Morgan fingerprint density at radius 2 is 2.20 bits per heavy atom. The second kappa shape index (κ2) is 4.03. The second-order valence-corrected chi connectivity index (χ2v) is 3.93. The first-order chi connectivity index (χ1) is 7.20. The van der Waals surface area contributed by atoms with Gasteiger partial charge in [0.1, 0.15) is 5.75 Å². The highest BCUT2D eigenvalue weighted by atomic mass is 35.5. The van der Waals surface area contributed by atoms with Crippen molar-refractivity contribution in [2.45, 2.75) is 12.8 Å². The Labute approximate surface area is 92.0 Å². The SMILES string of the molecule is O=Cc1cc(Cl)ccc1OC(=O)C1CC1. The third kappa shape index (κ3) is 2.36. The van der Waals surface area contributed by atoms with Gasteiger partial charge in [0.25, 0.3) is 0 Å². The molecule has 0 N–H and O–H groups in total. The minimum absolute atomic E-state index is 0.0141. The van der Waals surface area contributed by atoms with Gasteiger partial charge in [-0.05, 0) is 31.0 Å². The van der Waals surface area contributed by atoms with Gasteiger partial charge in [0, 0.05) is 5.02 Å². The molecule has 1 aromatic rings. The first-order valence-electron chi connectivity index (χ1n) is 4.67. The fourth-order valence-electron chi connectivity index (χ4n) is 1.22. The highest BCUT2D eigenvalue weighted by Gasteiger charge is 2.31. The summed E-state index contributed by atoms with van der Waals surface area (Å²) in [6, 6.07) is 4.60. The lowest BCUT2D eigenvalue weighted by Gasteiger charge is -2.05. The van der Waals surface area contributed by atoms with E-state index in [0.717, 1.165) is 12.8 Å². The molecule has 1 aliphatic rings. The smallest absolute Gasteiger partial charge is 0.314 e. The third-order valence-corrected chi connectivity index (χ3v) is 2.46. The zero-order valence-corrected chi connectivity index (χ0v) is 8.66. The number of ether oxygens (including phenoxy) is 1. The lowest BCUT2D eigenvalue weighted by atomic mass is 10.2. The number of hydrogen-bond donors (Lipinski definition) is 0. The first-order valence-corrected chi connectivity index (χ1v) is 5.05. The van der Waals surface area contributed by atoms with E-state index in [1.807, 2.05) is 0 Å². The summed E-state index contributed by atoms with van der Waals surface area (Å²) in [5.74, 6) is 0.0342. The Morgan fingerprint density at radius 1 is 1.47 bits per heavy atom. The molecule has 1 aromatic carbocycles. The van der Waals surface area contributed by atoms with E-state index >= 15 is 0 Å². The molecule has 0 unspecified atom stereocenters. The number of hydrogen-bond acceptors (Lipinski definition) is 3. The molecule has 0 spiro atoms. The lowest BCUT2D eigenvalue weighted by molar-refractivity contribution is -0.135. The van der Waals surface area contributed by atoms with Crippen molar-refractivity contribution in [2.75, 3.05) is 0 Å². The Balaban J connectivity index is 2.19. The van der Waals surface area contributed by atoms with Crippen molar-refractivity contribution in [1.29, 1.82) is 0 Å². The normalized spacial score (nSPS) is 14.7. The number of aldehydes is 1. The summed E-state index contributed by atoms with van der Waals surface area (Å²) >= 11 is 5.71. The molecule has 0 heterocycles. The minimum atomic E-state index is -0.263. The molecule has 0 aromatic heterocycles. The van der Waals surface area contributed by atoms with Gasteiger partial charge in [-0.3, -0.25) is 9.59 Å². The van der Waals surface area contributed by atoms with Crippen LogP contribution in [0, 0.1) is 5.92 Å². The predicted molar refractivity (Wildman–Crippen MR) is 55.2 cm³/mol. The van der Waals surface area contributed by atoms with Gasteiger partial charge in [0.2, 0.25) is 0 Å². The molecule has 4 heteroatoms. The lowest BCUT2D eigenvalue weighted by Crippen LogP contribution is -2.10. The maximum absolute atomic E-state index is 11.4. The van der Waals surface area contributed by atoms with E-state index in [1.54, 1.807) is 6.07 Å². The fourth-order valence-corrected chi connectivity index (χ4v) is 1.40. The zero-order valence-electron chi connectivity index (χ0n) is 7.90. The molecule has 15 heavy (non-hydrogen) atoms. The van der Waals surface area contributed by atoms with E-state index in [2.05, 4.69) is 0 Å². The van der Waals surface area contributed by atoms with Gasteiger partial charge >= 0.3 is 5.97 Å². The molecule has 0 aliphatic heterocycles. The van der Waals surface area contributed by atoms with E-state index in [4.69, 9.17) is 16.3 Å². The van der Waals surface area contributed by atoms with Crippen LogP contribution in [0.4, 0.5) is 0 Å². The maximum atomic E-state index is 11.4. The molecule has 0 radical (unpaired) electrons. The largest absolute Gasteiger partial charge is 0.426 e. The van der Waals surface area contributed by atoms with Crippen LogP contribution in [0.3, 0.4) is 0 Å². The van der Waals surface area contributed by atoms with Gasteiger partial charge in [-0.25, -0.2) is 0 Å². The van der Waals surface area contributed by atoms with Crippen molar-refractivity contribution in [2.24, 2.45) is 5.92 Å². The average Bonchev–Trinajstić information content (AvgIpc) is 3.04. The molecule has 1 aliphatic carbocycles. The van der Waals surface area contributed by atoms with Crippen LogP contribution in [-0.4, -0.2) is 12.3 Å². The van der Waals surface area contributed by atoms with Crippen LogP contribution in [0.15, 0.2) is 18.2 Å². The Morgan fingerprint density at radius 3 is 2.80 bits per heavy atom. The third-order valence-electron chi connectivity index (χ3n) is 2.22. The standard InChI is InChI=1S/C11H9ClO3/c12-9-3-4-10(8(5-9)6-13)15-11(14)7-1-2-7/h3-7H,1-2H2. The van der Waals surface area contributed by atoms with Gasteiger partial charge < -0.3 is 4.74 Å². The number of benzene rings is 1. The first kappa shape index (κ1) is 10.2. The molecule has 1 fully saturated rings. The topological polar surface area (TPSA) is 43.4 Å². The van der Waals surface area contributed by atoms with Crippen molar-refractivity contribution < 1.29 is 14.3 Å². The summed E-state index contributed by atoms with van der Waals surface area (Å²) in [6.45, 7) is 0. The van der Waals surface area contributed by atoms with E-state index in [1.165, 1.54) is 12.1 Å². The van der Waals surface area contributed by atoms with Crippen LogP contribution in [0.1, 0.15) is 23.2 Å². The second-order valence-electron chi connectivity index (χ2n) is 3.50. The maximum Gasteiger partial charge on any atom is 0.314 e. The summed E-state index contributed by atoms with van der Waals surface area (Å²) in [5, 5.41) is 0.448. The van der Waals surface area contributed by atoms with Crippen LogP contribution in [0.2, 0.25) is 5.02 Å². The highest BCUT2D eigenvalue weighted by molar-refractivity contribution is 6.30.